The van der Waals surface area contributed by atoms with E-state index in [2.05, 4.69) is 0 Å². The zero-order valence-corrected chi connectivity index (χ0v) is 11.2. The van der Waals surface area contributed by atoms with Gasteiger partial charge in [0.2, 0.25) is 0 Å². The van der Waals surface area contributed by atoms with E-state index in [0.29, 0.717) is 18.1 Å². The summed E-state index contributed by atoms with van der Waals surface area (Å²) in [5.74, 6) is 1.34. The van der Waals surface area contributed by atoms with Crippen LogP contribution in [0.1, 0.15) is 16.7 Å². The van der Waals surface area contributed by atoms with E-state index in [9.17, 15) is 5.11 Å². The van der Waals surface area contributed by atoms with Crippen LogP contribution in [0.5, 0.6) is 11.5 Å². The molecule has 1 N–H and O–H groups in total. The van der Waals surface area contributed by atoms with Gasteiger partial charge in [-0.15, -0.1) is 0 Å². The zero-order chi connectivity index (χ0) is 13.7. The molecule has 3 nitrogen and oxygen atoms in total. The maximum absolute atomic E-state index is 9.30. The number of aliphatic hydroxyl groups excluding tert-OH is 1. The van der Waals surface area contributed by atoms with Crippen LogP contribution >= 0.6 is 0 Å². The van der Waals surface area contributed by atoms with Gasteiger partial charge in [0.15, 0.2) is 11.5 Å². The predicted octanol–water partition coefficient (Wildman–Crippen LogP) is 3.07. The smallest absolute Gasteiger partial charge is 0.162 e. The van der Waals surface area contributed by atoms with Crippen molar-refractivity contribution in [3.63, 3.8) is 0 Å². The van der Waals surface area contributed by atoms with E-state index in [1.165, 1.54) is 0 Å². The monoisotopic (exact) mass is 258 g/mol. The highest BCUT2D eigenvalue weighted by Crippen LogP contribution is 2.31. The molecule has 2 aromatic rings. The van der Waals surface area contributed by atoms with Crippen LogP contribution in [0.3, 0.4) is 0 Å². The van der Waals surface area contributed by atoms with Gasteiger partial charge in [0, 0.05) is 0 Å². The quantitative estimate of drug-likeness (QED) is 0.895. The van der Waals surface area contributed by atoms with Gasteiger partial charge in [0.05, 0.1) is 13.7 Å². The summed E-state index contributed by atoms with van der Waals surface area (Å²) in [5, 5.41) is 9.30. The third-order valence-electron chi connectivity index (χ3n) is 3.03. The fourth-order valence-electron chi connectivity index (χ4n) is 1.88. The lowest BCUT2D eigenvalue weighted by Crippen LogP contribution is -2.00. The Hall–Kier alpha value is -2.00. The molecule has 2 aromatic carbocycles. The number of rotatable bonds is 5. The largest absolute Gasteiger partial charge is 0.493 e. The van der Waals surface area contributed by atoms with E-state index in [-0.39, 0.29) is 6.61 Å². The summed E-state index contributed by atoms with van der Waals surface area (Å²) in [6.45, 7) is 2.41. The molecule has 0 aromatic heterocycles. The van der Waals surface area contributed by atoms with Crippen molar-refractivity contribution < 1.29 is 14.6 Å². The van der Waals surface area contributed by atoms with Crippen LogP contribution in [0, 0.1) is 6.92 Å². The molecule has 0 bridgehead atoms. The second-order valence-electron chi connectivity index (χ2n) is 4.36. The lowest BCUT2D eigenvalue weighted by Gasteiger charge is -2.13. The molecule has 0 amide bonds. The minimum Gasteiger partial charge on any atom is -0.493 e. The molecule has 0 unspecified atom stereocenters. The van der Waals surface area contributed by atoms with E-state index in [0.717, 1.165) is 16.7 Å². The van der Waals surface area contributed by atoms with Gasteiger partial charge in [-0.1, -0.05) is 30.3 Å². The number of ether oxygens (including phenoxy) is 2. The van der Waals surface area contributed by atoms with Crippen LogP contribution < -0.4 is 9.47 Å². The number of aryl methyl sites for hydroxylation is 1. The van der Waals surface area contributed by atoms with Gasteiger partial charge in [-0.3, -0.25) is 0 Å². The van der Waals surface area contributed by atoms with Gasteiger partial charge >= 0.3 is 0 Å². The lowest BCUT2D eigenvalue weighted by atomic mass is 10.1. The fourth-order valence-corrected chi connectivity index (χ4v) is 1.88. The van der Waals surface area contributed by atoms with Crippen LogP contribution in [0.4, 0.5) is 0 Å². The first-order valence-corrected chi connectivity index (χ1v) is 6.19. The van der Waals surface area contributed by atoms with Crippen LogP contribution in [0.25, 0.3) is 0 Å². The van der Waals surface area contributed by atoms with Crippen molar-refractivity contribution in [3.05, 3.63) is 59.2 Å². The van der Waals surface area contributed by atoms with Crippen molar-refractivity contribution in [1.82, 2.24) is 0 Å². The Bertz CT molecular complexity index is 535. The zero-order valence-electron chi connectivity index (χ0n) is 11.2. The Kier molecular flexibility index (Phi) is 4.42. The molecule has 0 aliphatic rings. The predicted molar refractivity (Wildman–Crippen MR) is 74.4 cm³/mol. The SMILES string of the molecule is COc1cc(C)c(CO)cc1OCc1ccccc1. The first-order valence-electron chi connectivity index (χ1n) is 6.19. The van der Waals surface area contributed by atoms with E-state index in [1.807, 2.05) is 49.4 Å². The molecule has 0 saturated heterocycles. The summed E-state index contributed by atoms with van der Waals surface area (Å²) in [7, 11) is 1.61. The van der Waals surface area contributed by atoms with Crippen LogP contribution in [-0.2, 0) is 13.2 Å². The minimum absolute atomic E-state index is 0.00246. The van der Waals surface area contributed by atoms with Gasteiger partial charge < -0.3 is 14.6 Å². The summed E-state index contributed by atoms with van der Waals surface area (Å²) in [4.78, 5) is 0. The van der Waals surface area contributed by atoms with E-state index >= 15 is 0 Å². The standard InChI is InChI=1S/C16H18O3/c1-12-8-15(18-2)16(9-14(12)10-17)19-11-13-6-4-3-5-7-13/h3-9,17H,10-11H2,1-2H3. The molecule has 2 rings (SSSR count). The molecule has 0 heterocycles. The third kappa shape index (κ3) is 3.26. The summed E-state index contributed by atoms with van der Waals surface area (Å²) in [5.41, 5.74) is 2.94. The Morgan fingerprint density at radius 1 is 1.05 bits per heavy atom. The third-order valence-corrected chi connectivity index (χ3v) is 3.03. The van der Waals surface area contributed by atoms with Gasteiger partial charge in [0.1, 0.15) is 6.61 Å². The Morgan fingerprint density at radius 2 is 1.79 bits per heavy atom. The van der Waals surface area contributed by atoms with Crippen LogP contribution in [0.15, 0.2) is 42.5 Å². The number of aliphatic hydroxyl groups is 1. The van der Waals surface area contributed by atoms with Crippen LogP contribution in [0.2, 0.25) is 0 Å². The van der Waals surface area contributed by atoms with Gasteiger partial charge in [-0.25, -0.2) is 0 Å². The topological polar surface area (TPSA) is 38.7 Å². The van der Waals surface area contributed by atoms with Gasteiger partial charge in [0.25, 0.3) is 0 Å². The molecular formula is C16H18O3. The summed E-state index contributed by atoms with van der Waals surface area (Å²) < 4.78 is 11.1. The fraction of sp³-hybridized carbons (Fsp3) is 0.250. The molecule has 0 saturated carbocycles. The van der Waals surface area contributed by atoms with Crippen molar-refractivity contribution >= 4 is 0 Å². The number of benzene rings is 2. The molecule has 0 aliphatic heterocycles. The Labute approximate surface area is 113 Å². The molecule has 0 aliphatic carbocycles. The van der Waals surface area contributed by atoms with Crippen molar-refractivity contribution in [2.45, 2.75) is 20.1 Å². The molecule has 0 atom stereocenters. The average molecular weight is 258 g/mol. The second-order valence-corrected chi connectivity index (χ2v) is 4.36. The van der Waals surface area contributed by atoms with Crippen molar-refractivity contribution in [1.29, 1.82) is 0 Å². The normalized spacial score (nSPS) is 10.3. The molecule has 0 spiro atoms. The summed E-state index contributed by atoms with van der Waals surface area (Å²) >= 11 is 0. The molecule has 19 heavy (non-hydrogen) atoms. The minimum atomic E-state index is -0.00246. The molecular weight excluding hydrogens is 240 g/mol. The lowest BCUT2D eigenvalue weighted by molar-refractivity contribution is 0.271. The first-order chi connectivity index (χ1) is 9.24. The highest BCUT2D eigenvalue weighted by molar-refractivity contribution is 5.47. The van der Waals surface area contributed by atoms with Gasteiger partial charge in [-0.2, -0.15) is 0 Å². The van der Waals surface area contributed by atoms with E-state index < -0.39 is 0 Å². The highest BCUT2D eigenvalue weighted by Gasteiger charge is 2.09. The van der Waals surface area contributed by atoms with Crippen molar-refractivity contribution in [2.75, 3.05) is 7.11 Å². The number of hydrogen-bond acceptors (Lipinski definition) is 3. The maximum atomic E-state index is 9.30. The molecule has 100 valence electrons. The maximum Gasteiger partial charge on any atom is 0.162 e. The van der Waals surface area contributed by atoms with Gasteiger partial charge in [-0.05, 0) is 35.7 Å². The van der Waals surface area contributed by atoms with Crippen LogP contribution in [-0.4, -0.2) is 12.2 Å². The first kappa shape index (κ1) is 13.4. The molecule has 3 heteroatoms. The average Bonchev–Trinajstić information content (AvgIpc) is 2.46. The highest BCUT2D eigenvalue weighted by atomic mass is 16.5. The van der Waals surface area contributed by atoms with E-state index in [4.69, 9.17) is 9.47 Å². The second kappa shape index (κ2) is 6.25. The summed E-state index contributed by atoms with van der Waals surface area (Å²) in [6, 6.07) is 13.7. The van der Waals surface area contributed by atoms with Crippen molar-refractivity contribution in [3.8, 4) is 11.5 Å². The Morgan fingerprint density at radius 3 is 2.42 bits per heavy atom. The Balaban J connectivity index is 2.19. The number of hydrogen-bond donors (Lipinski definition) is 1. The number of methoxy groups -OCH3 is 1. The molecule has 0 radical (unpaired) electrons. The summed E-state index contributed by atoms with van der Waals surface area (Å²) in [6.07, 6.45) is 0. The van der Waals surface area contributed by atoms with E-state index in [1.54, 1.807) is 7.11 Å². The van der Waals surface area contributed by atoms with Crippen molar-refractivity contribution in [2.24, 2.45) is 0 Å². The molecule has 0 fully saturated rings.